The van der Waals surface area contributed by atoms with Gasteiger partial charge in [-0.3, -0.25) is 9.80 Å². The van der Waals surface area contributed by atoms with Crippen LogP contribution in [0.3, 0.4) is 0 Å². The van der Waals surface area contributed by atoms with Crippen LogP contribution >= 0.6 is 0 Å². The number of likely N-dealkylation sites (tertiary alicyclic amines) is 1. The van der Waals surface area contributed by atoms with E-state index in [1.165, 1.54) is 6.20 Å². The maximum absolute atomic E-state index is 10.7. The number of nitrogens with zero attached hydrogens (tertiary/aromatic N) is 5. The molecule has 8 nitrogen and oxygen atoms in total. The molecule has 0 unspecified atom stereocenters. The second-order valence-electron chi connectivity index (χ2n) is 5.26. The fourth-order valence-electron chi connectivity index (χ4n) is 2.55. The highest BCUT2D eigenvalue weighted by Gasteiger charge is 2.29. The van der Waals surface area contributed by atoms with Crippen molar-refractivity contribution in [3.05, 3.63) is 11.9 Å². The van der Waals surface area contributed by atoms with E-state index in [9.17, 15) is 4.79 Å². The molecule has 0 aliphatic carbocycles. The van der Waals surface area contributed by atoms with Gasteiger partial charge in [0.2, 0.25) is 0 Å². The minimum atomic E-state index is -1.03. The van der Waals surface area contributed by atoms with E-state index in [1.54, 1.807) is 4.68 Å². The molecule has 110 valence electrons. The number of hydrogen-bond acceptors (Lipinski definition) is 6. The molecule has 0 bridgehead atoms. The summed E-state index contributed by atoms with van der Waals surface area (Å²) in [6.07, 6.45) is 1.51. The third-order valence-electron chi connectivity index (χ3n) is 3.88. The second kappa shape index (κ2) is 5.86. The van der Waals surface area contributed by atoms with Gasteiger partial charge in [0, 0.05) is 39.3 Å². The van der Waals surface area contributed by atoms with Crippen molar-refractivity contribution in [2.75, 3.05) is 52.5 Å². The molecule has 0 saturated carbocycles. The molecule has 2 aliphatic rings. The minimum Gasteiger partial charge on any atom is -0.476 e. The lowest BCUT2D eigenvalue weighted by atomic mass is 10.1. The quantitative estimate of drug-likeness (QED) is 0.753. The molecule has 20 heavy (non-hydrogen) atoms. The van der Waals surface area contributed by atoms with Crippen LogP contribution < -0.4 is 0 Å². The molecular weight excluding hydrogens is 262 g/mol. The van der Waals surface area contributed by atoms with Gasteiger partial charge in [0.25, 0.3) is 0 Å². The molecule has 1 aromatic rings. The van der Waals surface area contributed by atoms with E-state index in [-0.39, 0.29) is 11.7 Å². The summed E-state index contributed by atoms with van der Waals surface area (Å²) in [5, 5.41) is 16.3. The lowest BCUT2D eigenvalue weighted by molar-refractivity contribution is 0.0227. The molecule has 0 radical (unpaired) electrons. The molecule has 1 N–H and O–H groups in total. The van der Waals surface area contributed by atoms with Crippen molar-refractivity contribution in [1.82, 2.24) is 24.8 Å². The van der Waals surface area contributed by atoms with E-state index >= 15 is 0 Å². The predicted molar refractivity (Wildman–Crippen MR) is 69.7 cm³/mol. The van der Waals surface area contributed by atoms with Gasteiger partial charge in [-0.15, -0.1) is 5.10 Å². The molecule has 0 atom stereocenters. The van der Waals surface area contributed by atoms with Crippen molar-refractivity contribution in [2.45, 2.75) is 6.04 Å². The first-order valence-corrected chi connectivity index (χ1v) is 6.90. The molecule has 2 aliphatic heterocycles. The van der Waals surface area contributed by atoms with Crippen LogP contribution in [0.2, 0.25) is 0 Å². The van der Waals surface area contributed by atoms with Gasteiger partial charge in [-0.1, -0.05) is 5.21 Å². The van der Waals surface area contributed by atoms with Gasteiger partial charge in [-0.05, 0) is 0 Å². The Morgan fingerprint density at radius 2 is 2.00 bits per heavy atom. The Bertz CT molecular complexity index is 465. The fraction of sp³-hybridized carbons (Fsp3) is 0.750. The average Bonchev–Trinajstić information content (AvgIpc) is 2.88. The first-order valence-electron chi connectivity index (χ1n) is 6.90. The van der Waals surface area contributed by atoms with E-state index in [0.29, 0.717) is 0 Å². The van der Waals surface area contributed by atoms with Crippen LogP contribution in [0.1, 0.15) is 16.5 Å². The zero-order valence-corrected chi connectivity index (χ0v) is 11.3. The van der Waals surface area contributed by atoms with Crippen LogP contribution in [0.15, 0.2) is 6.20 Å². The number of hydrogen-bond donors (Lipinski definition) is 1. The molecule has 0 spiro atoms. The van der Waals surface area contributed by atoms with E-state index in [0.717, 1.165) is 52.5 Å². The zero-order valence-electron chi connectivity index (χ0n) is 11.3. The standard InChI is InChI=1S/C12H19N5O3/c18-12(19)11-9-17(14-13-11)10-7-16(8-10)2-1-15-3-5-20-6-4-15/h9-10H,1-8H2,(H,18,19). The summed E-state index contributed by atoms with van der Waals surface area (Å²) in [7, 11) is 0. The lowest BCUT2D eigenvalue weighted by Gasteiger charge is -2.40. The summed E-state index contributed by atoms with van der Waals surface area (Å²) < 4.78 is 6.98. The average molecular weight is 281 g/mol. The van der Waals surface area contributed by atoms with Crippen LogP contribution in [-0.2, 0) is 4.74 Å². The SMILES string of the molecule is O=C(O)c1cn(C2CN(CCN3CCOCC3)C2)nn1. The van der Waals surface area contributed by atoms with Crippen molar-refractivity contribution < 1.29 is 14.6 Å². The fourth-order valence-corrected chi connectivity index (χ4v) is 2.55. The van der Waals surface area contributed by atoms with E-state index in [2.05, 4.69) is 20.1 Å². The molecule has 2 saturated heterocycles. The van der Waals surface area contributed by atoms with Crippen LogP contribution in [0.25, 0.3) is 0 Å². The van der Waals surface area contributed by atoms with Gasteiger partial charge in [-0.2, -0.15) is 0 Å². The summed E-state index contributed by atoms with van der Waals surface area (Å²) in [4.78, 5) is 15.5. The zero-order chi connectivity index (χ0) is 13.9. The Labute approximate surface area is 116 Å². The topological polar surface area (TPSA) is 83.7 Å². The van der Waals surface area contributed by atoms with E-state index < -0.39 is 5.97 Å². The van der Waals surface area contributed by atoms with Crippen molar-refractivity contribution in [2.24, 2.45) is 0 Å². The third-order valence-corrected chi connectivity index (χ3v) is 3.88. The molecule has 2 fully saturated rings. The van der Waals surface area contributed by atoms with Gasteiger partial charge >= 0.3 is 5.97 Å². The first kappa shape index (κ1) is 13.5. The van der Waals surface area contributed by atoms with Gasteiger partial charge in [0.1, 0.15) is 0 Å². The number of aromatic nitrogens is 3. The monoisotopic (exact) mass is 281 g/mol. The van der Waals surface area contributed by atoms with Gasteiger partial charge < -0.3 is 9.84 Å². The number of rotatable bonds is 5. The number of morpholine rings is 1. The van der Waals surface area contributed by atoms with Gasteiger partial charge in [0.05, 0.1) is 25.5 Å². The largest absolute Gasteiger partial charge is 0.476 e. The summed E-state index contributed by atoms with van der Waals surface area (Å²) in [6.45, 7) is 7.62. The maximum Gasteiger partial charge on any atom is 0.358 e. The highest BCUT2D eigenvalue weighted by molar-refractivity contribution is 5.84. The first-order chi connectivity index (χ1) is 9.72. The summed E-state index contributed by atoms with van der Waals surface area (Å²) in [6, 6.07) is 0.250. The van der Waals surface area contributed by atoms with Crippen LogP contribution in [0.4, 0.5) is 0 Å². The maximum atomic E-state index is 10.7. The van der Waals surface area contributed by atoms with Crippen molar-refractivity contribution in [3.8, 4) is 0 Å². The Morgan fingerprint density at radius 3 is 2.65 bits per heavy atom. The molecule has 0 amide bonds. The number of aromatic carboxylic acids is 1. The summed E-state index contributed by atoms with van der Waals surface area (Å²) in [5.41, 5.74) is 0.0109. The van der Waals surface area contributed by atoms with E-state index in [4.69, 9.17) is 9.84 Å². The molecule has 3 heterocycles. The highest BCUT2D eigenvalue weighted by atomic mass is 16.5. The Hall–Kier alpha value is -1.51. The van der Waals surface area contributed by atoms with Crippen molar-refractivity contribution in [3.63, 3.8) is 0 Å². The highest BCUT2D eigenvalue weighted by Crippen LogP contribution is 2.19. The van der Waals surface area contributed by atoms with Crippen molar-refractivity contribution in [1.29, 1.82) is 0 Å². The molecule has 3 rings (SSSR count). The van der Waals surface area contributed by atoms with Crippen molar-refractivity contribution >= 4 is 5.97 Å². The van der Waals surface area contributed by atoms with Crippen LogP contribution in [0, 0.1) is 0 Å². The minimum absolute atomic E-state index is 0.0109. The molecule has 8 heteroatoms. The van der Waals surface area contributed by atoms with Gasteiger partial charge in [-0.25, -0.2) is 9.48 Å². The Morgan fingerprint density at radius 1 is 1.30 bits per heavy atom. The smallest absolute Gasteiger partial charge is 0.358 e. The van der Waals surface area contributed by atoms with Gasteiger partial charge in [0.15, 0.2) is 5.69 Å². The Balaban J connectivity index is 1.40. The molecule has 1 aromatic heterocycles. The number of carboxylic acid groups (broad SMARTS) is 1. The van der Waals surface area contributed by atoms with E-state index in [1.807, 2.05) is 0 Å². The number of ether oxygens (including phenoxy) is 1. The second-order valence-corrected chi connectivity index (χ2v) is 5.26. The molecular formula is C12H19N5O3. The lowest BCUT2D eigenvalue weighted by Crippen LogP contribution is -2.51. The Kier molecular flexibility index (Phi) is 3.95. The number of carbonyl (C=O) groups is 1. The van der Waals surface area contributed by atoms with Crippen LogP contribution in [0.5, 0.6) is 0 Å². The normalized spacial score (nSPS) is 21.8. The van der Waals surface area contributed by atoms with Crippen LogP contribution in [-0.4, -0.2) is 88.4 Å². The predicted octanol–water partition coefficient (Wildman–Crippen LogP) is -0.835. The summed E-state index contributed by atoms with van der Waals surface area (Å²) in [5.74, 6) is -1.03. The molecule has 0 aromatic carbocycles. The summed E-state index contributed by atoms with van der Waals surface area (Å²) >= 11 is 0. The number of carboxylic acids is 1. The third kappa shape index (κ3) is 2.97.